The third-order valence-electron chi connectivity index (χ3n) is 1.25. The molecule has 0 spiro atoms. The van der Waals surface area contributed by atoms with Crippen molar-refractivity contribution >= 4 is 45.2 Å². The SMILES string of the molecule is Clc1ncnc2c(I)[nH]nc12. The highest BCUT2D eigenvalue weighted by Crippen LogP contribution is 2.19. The van der Waals surface area contributed by atoms with E-state index in [1.807, 2.05) is 0 Å². The van der Waals surface area contributed by atoms with Gasteiger partial charge in [0.25, 0.3) is 0 Å². The lowest BCUT2D eigenvalue weighted by atomic mass is 10.5. The van der Waals surface area contributed by atoms with Gasteiger partial charge in [-0.2, -0.15) is 5.10 Å². The van der Waals surface area contributed by atoms with Crippen molar-refractivity contribution in [2.75, 3.05) is 0 Å². The normalized spacial score (nSPS) is 10.7. The molecule has 0 aliphatic carbocycles. The van der Waals surface area contributed by atoms with E-state index in [0.717, 1.165) is 9.22 Å². The molecule has 0 saturated carbocycles. The molecule has 56 valence electrons. The number of nitrogens with one attached hydrogen (secondary N) is 1. The zero-order valence-electron chi connectivity index (χ0n) is 5.17. The summed E-state index contributed by atoms with van der Waals surface area (Å²) < 4.78 is 0.877. The second-order valence-corrected chi connectivity index (χ2v) is 3.34. The number of halogens is 2. The lowest BCUT2D eigenvalue weighted by Gasteiger charge is -1.87. The highest BCUT2D eigenvalue weighted by Gasteiger charge is 2.06. The maximum absolute atomic E-state index is 5.73. The Morgan fingerprint density at radius 2 is 2.18 bits per heavy atom. The number of aromatic nitrogens is 4. The fourth-order valence-corrected chi connectivity index (χ4v) is 1.47. The third-order valence-corrected chi connectivity index (χ3v) is 2.28. The first-order chi connectivity index (χ1) is 5.29. The zero-order valence-corrected chi connectivity index (χ0v) is 8.09. The first kappa shape index (κ1) is 7.23. The molecule has 0 radical (unpaired) electrons. The van der Waals surface area contributed by atoms with E-state index in [4.69, 9.17) is 11.6 Å². The molecule has 0 unspecified atom stereocenters. The van der Waals surface area contributed by atoms with Gasteiger partial charge in [-0.05, 0) is 22.6 Å². The molecule has 11 heavy (non-hydrogen) atoms. The summed E-state index contributed by atoms with van der Waals surface area (Å²) in [4.78, 5) is 7.79. The van der Waals surface area contributed by atoms with Gasteiger partial charge in [-0.15, -0.1) is 0 Å². The number of fused-ring (bicyclic) bond motifs is 1. The van der Waals surface area contributed by atoms with Gasteiger partial charge in [-0.25, -0.2) is 9.97 Å². The molecule has 0 aliphatic heterocycles. The summed E-state index contributed by atoms with van der Waals surface area (Å²) in [7, 11) is 0. The molecule has 2 aromatic rings. The van der Waals surface area contributed by atoms with E-state index in [1.54, 1.807) is 0 Å². The maximum Gasteiger partial charge on any atom is 0.160 e. The minimum atomic E-state index is 0.383. The lowest BCUT2D eigenvalue weighted by molar-refractivity contribution is 1.09. The van der Waals surface area contributed by atoms with Crippen LogP contribution in [0.2, 0.25) is 5.15 Å². The van der Waals surface area contributed by atoms with Crippen LogP contribution in [0.3, 0.4) is 0 Å². The van der Waals surface area contributed by atoms with Gasteiger partial charge >= 0.3 is 0 Å². The van der Waals surface area contributed by atoms with Crippen LogP contribution in [-0.2, 0) is 0 Å². The van der Waals surface area contributed by atoms with Crippen molar-refractivity contribution in [1.29, 1.82) is 0 Å². The summed E-state index contributed by atoms with van der Waals surface area (Å²) in [5.74, 6) is 0. The smallest absolute Gasteiger partial charge is 0.160 e. The summed E-state index contributed by atoms with van der Waals surface area (Å²) in [6.07, 6.45) is 1.42. The molecule has 0 aliphatic rings. The van der Waals surface area contributed by atoms with Crippen LogP contribution >= 0.6 is 34.2 Å². The Bertz CT molecular complexity index is 398. The predicted molar refractivity (Wildman–Crippen MR) is 49.4 cm³/mol. The monoisotopic (exact) mass is 280 g/mol. The maximum atomic E-state index is 5.73. The Balaban J connectivity index is 2.94. The molecule has 0 saturated heterocycles. The van der Waals surface area contributed by atoms with Crippen LogP contribution in [0.25, 0.3) is 11.0 Å². The van der Waals surface area contributed by atoms with Crippen LogP contribution < -0.4 is 0 Å². The van der Waals surface area contributed by atoms with Crippen LogP contribution in [0.1, 0.15) is 0 Å². The topological polar surface area (TPSA) is 54.5 Å². The van der Waals surface area contributed by atoms with E-state index >= 15 is 0 Å². The third kappa shape index (κ3) is 1.08. The molecule has 2 aromatic heterocycles. The van der Waals surface area contributed by atoms with Gasteiger partial charge in [-0.1, -0.05) is 11.6 Å². The highest BCUT2D eigenvalue weighted by atomic mass is 127. The first-order valence-electron chi connectivity index (χ1n) is 2.79. The Labute approximate surface area is 80.5 Å². The van der Waals surface area contributed by atoms with Crippen molar-refractivity contribution in [3.05, 3.63) is 15.2 Å². The number of aromatic amines is 1. The number of nitrogens with zero attached hydrogens (tertiary/aromatic N) is 3. The fraction of sp³-hybridized carbons (Fsp3) is 0. The van der Waals surface area contributed by atoms with E-state index in [0.29, 0.717) is 10.7 Å². The first-order valence-corrected chi connectivity index (χ1v) is 4.25. The van der Waals surface area contributed by atoms with Crippen LogP contribution in [0, 0.1) is 3.70 Å². The molecule has 0 amide bonds. The molecule has 0 fully saturated rings. The van der Waals surface area contributed by atoms with E-state index < -0.39 is 0 Å². The number of H-pyrrole nitrogens is 1. The van der Waals surface area contributed by atoms with Crippen molar-refractivity contribution in [2.45, 2.75) is 0 Å². The largest absolute Gasteiger partial charge is 0.269 e. The van der Waals surface area contributed by atoms with Gasteiger partial charge in [-0.3, -0.25) is 5.10 Å². The van der Waals surface area contributed by atoms with Gasteiger partial charge in [0.2, 0.25) is 0 Å². The van der Waals surface area contributed by atoms with Crippen LogP contribution in [0.4, 0.5) is 0 Å². The van der Waals surface area contributed by atoms with Crippen molar-refractivity contribution in [2.24, 2.45) is 0 Å². The summed E-state index contributed by atoms with van der Waals surface area (Å²) in [6.45, 7) is 0. The number of hydrogen-bond donors (Lipinski definition) is 1. The van der Waals surface area contributed by atoms with E-state index in [-0.39, 0.29) is 0 Å². The molecule has 2 heterocycles. The number of hydrogen-bond acceptors (Lipinski definition) is 3. The zero-order chi connectivity index (χ0) is 7.84. The van der Waals surface area contributed by atoms with Crippen molar-refractivity contribution in [3.8, 4) is 0 Å². The highest BCUT2D eigenvalue weighted by molar-refractivity contribution is 14.1. The molecule has 2 rings (SSSR count). The summed E-state index contributed by atoms with van der Waals surface area (Å²) >= 11 is 7.84. The molecule has 6 heteroatoms. The predicted octanol–water partition coefficient (Wildman–Crippen LogP) is 1.61. The van der Waals surface area contributed by atoms with Crippen molar-refractivity contribution in [3.63, 3.8) is 0 Å². The Morgan fingerprint density at radius 1 is 1.36 bits per heavy atom. The Morgan fingerprint density at radius 3 is 2.91 bits per heavy atom. The minimum absolute atomic E-state index is 0.383. The van der Waals surface area contributed by atoms with E-state index in [9.17, 15) is 0 Å². The van der Waals surface area contributed by atoms with Crippen LogP contribution in [0.5, 0.6) is 0 Å². The van der Waals surface area contributed by atoms with Gasteiger partial charge in [0.05, 0.1) is 0 Å². The minimum Gasteiger partial charge on any atom is -0.269 e. The average molecular weight is 280 g/mol. The second kappa shape index (κ2) is 2.56. The summed E-state index contributed by atoms with van der Waals surface area (Å²) in [5, 5.41) is 7.08. The molecule has 1 N–H and O–H groups in total. The summed E-state index contributed by atoms with van der Waals surface area (Å²) in [5.41, 5.74) is 1.39. The van der Waals surface area contributed by atoms with Gasteiger partial charge < -0.3 is 0 Å². The van der Waals surface area contributed by atoms with Crippen molar-refractivity contribution in [1.82, 2.24) is 20.2 Å². The molecular formula is C5H2ClIN4. The number of rotatable bonds is 0. The van der Waals surface area contributed by atoms with Crippen LogP contribution in [0.15, 0.2) is 6.33 Å². The second-order valence-electron chi connectivity index (χ2n) is 1.90. The quantitative estimate of drug-likeness (QED) is 0.589. The Hall–Kier alpha value is -0.430. The fourth-order valence-electron chi connectivity index (χ4n) is 0.775. The van der Waals surface area contributed by atoms with Gasteiger partial charge in [0, 0.05) is 0 Å². The molecule has 0 atom stereocenters. The lowest BCUT2D eigenvalue weighted by Crippen LogP contribution is -1.80. The average Bonchev–Trinajstić information content (AvgIpc) is 2.35. The van der Waals surface area contributed by atoms with Gasteiger partial charge in [0.15, 0.2) is 5.15 Å². The van der Waals surface area contributed by atoms with Crippen LogP contribution in [-0.4, -0.2) is 20.2 Å². The standard InChI is InChI=1S/C5H2ClIN4/c6-4-2-3(8-1-9-4)5(7)11-10-2/h1H,(H,10,11). The molecule has 4 nitrogen and oxygen atoms in total. The van der Waals surface area contributed by atoms with Gasteiger partial charge in [0.1, 0.15) is 21.1 Å². The Kier molecular flexibility index (Phi) is 1.68. The van der Waals surface area contributed by atoms with E-state index in [2.05, 4.69) is 42.8 Å². The molecule has 0 aromatic carbocycles. The summed E-state index contributed by atoms with van der Waals surface area (Å²) in [6, 6.07) is 0. The molecule has 0 bridgehead atoms. The molecular weight excluding hydrogens is 278 g/mol. The van der Waals surface area contributed by atoms with E-state index in [1.165, 1.54) is 6.33 Å². The van der Waals surface area contributed by atoms with Crippen molar-refractivity contribution < 1.29 is 0 Å².